The third-order valence-corrected chi connectivity index (χ3v) is 2.01. The lowest BCUT2D eigenvalue weighted by atomic mass is 10.2. The summed E-state index contributed by atoms with van der Waals surface area (Å²) in [5, 5.41) is 8.63. The van der Waals surface area contributed by atoms with Crippen molar-refractivity contribution in [2.45, 2.75) is 19.4 Å². The zero-order chi connectivity index (χ0) is 6.97. The highest BCUT2D eigenvalue weighted by Crippen LogP contribution is 2.18. The molecule has 0 atom stereocenters. The van der Waals surface area contributed by atoms with E-state index in [-0.39, 0.29) is 0 Å². The maximum absolute atomic E-state index is 8.63. The molecule has 1 aromatic heterocycles. The Balaban J connectivity index is 2.57. The average molecular weight is 132 g/mol. The summed E-state index contributed by atoms with van der Waals surface area (Å²) in [4.78, 5) is 0. The molecule has 1 aromatic rings. The van der Waals surface area contributed by atoms with E-state index in [4.69, 9.17) is 5.26 Å². The number of aryl methyl sites for hydroxylation is 1. The van der Waals surface area contributed by atoms with Crippen LogP contribution >= 0.6 is 0 Å². The van der Waals surface area contributed by atoms with Crippen LogP contribution in [0.3, 0.4) is 0 Å². The normalized spacial score (nSPS) is 14.7. The van der Waals surface area contributed by atoms with Gasteiger partial charge in [0.25, 0.3) is 0 Å². The van der Waals surface area contributed by atoms with Gasteiger partial charge in [-0.15, -0.1) is 0 Å². The zero-order valence-electron chi connectivity index (χ0n) is 5.67. The molecule has 2 heterocycles. The highest BCUT2D eigenvalue weighted by Gasteiger charge is 2.13. The molecule has 0 N–H and O–H groups in total. The maximum atomic E-state index is 8.63. The van der Waals surface area contributed by atoms with Gasteiger partial charge in [0.2, 0.25) is 0 Å². The summed E-state index contributed by atoms with van der Waals surface area (Å²) in [6.45, 7) is 1.09. The Morgan fingerprint density at radius 3 is 3.30 bits per heavy atom. The van der Waals surface area contributed by atoms with Gasteiger partial charge in [-0.25, -0.2) is 0 Å². The first-order chi connectivity index (χ1) is 4.92. The van der Waals surface area contributed by atoms with Crippen LogP contribution in [0.25, 0.3) is 0 Å². The first-order valence-electron chi connectivity index (χ1n) is 3.50. The van der Waals surface area contributed by atoms with Gasteiger partial charge in [-0.1, -0.05) is 0 Å². The van der Waals surface area contributed by atoms with Crippen molar-refractivity contribution in [2.75, 3.05) is 0 Å². The van der Waals surface area contributed by atoms with Crippen LogP contribution in [0.15, 0.2) is 12.3 Å². The molecule has 0 saturated carbocycles. The molecular formula is C8H8N2. The van der Waals surface area contributed by atoms with Gasteiger partial charge in [-0.05, 0) is 18.9 Å². The Morgan fingerprint density at radius 2 is 2.50 bits per heavy atom. The molecule has 2 rings (SSSR count). The Kier molecular flexibility index (Phi) is 1.04. The summed E-state index contributed by atoms with van der Waals surface area (Å²) < 4.78 is 2.17. The second-order valence-electron chi connectivity index (χ2n) is 2.58. The lowest BCUT2D eigenvalue weighted by Gasteiger charge is -1.91. The van der Waals surface area contributed by atoms with E-state index in [0.717, 1.165) is 18.5 Å². The summed E-state index contributed by atoms with van der Waals surface area (Å²) in [7, 11) is 0. The standard InChI is InChI=1S/C8H8N2/c9-6-7-3-5-10-4-1-2-8(7)10/h3,5H,1-2,4H2. The van der Waals surface area contributed by atoms with Crippen molar-refractivity contribution >= 4 is 0 Å². The molecule has 50 valence electrons. The Hall–Kier alpha value is -1.23. The number of hydrogen-bond acceptors (Lipinski definition) is 1. The number of fused-ring (bicyclic) bond motifs is 1. The van der Waals surface area contributed by atoms with Gasteiger partial charge in [-0.2, -0.15) is 5.26 Å². The smallest absolute Gasteiger partial charge is 0.101 e. The third kappa shape index (κ3) is 0.577. The topological polar surface area (TPSA) is 28.7 Å². The number of aromatic nitrogens is 1. The minimum absolute atomic E-state index is 0.859. The molecule has 10 heavy (non-hydrogen) atoms. The fraction of sp³-hybridized carbons (Fsp3) is 0.375. The van der Waals surface area contributed by atoms with Crippen LogP contribution in [0, 0.1) is 11.3 Å². The van der Waals surface area contributed by atoms with Gasteiger partial charge in [0.1, 0.15) is 6.07 Å². The molecule has 0 amide bonds. The van der Waals surface area contributed by atoms with E-state index < -0.39 is 0 Å². The quantitative estimate of drug-likeness (QED) is 0.523. The fourth-order valence-electron chi connectivity index (χ4n) is 1.51. The van der Waals surface area contributed by atoms with Crippen LogP contribution in [0.5, 0.6) is 0 Å². The minimum Gasteiger partial charge on any atom is -0.350 e. The second kappa shape index (κ2) is 1.88. The van der Waals surface area contributed by atoms with Crippen LogP contribution < -0.4 is 0 Å². The van der Waals surface area contributed by atoms with E-state index in [1.165, 1.54) is 12.1 Å². The van der Waals surface area contributed by atoms with E-state index in [0.29, 0.717) is 0 Å². The van der Waals surface area contributed by atoms with E-state index in [1.807, 2.05) is 12.3 Å². The van der Waals surface area contributed by atoms with Gasteiger partial charge in [0.15, 0.2) is 0 Å². The van der Waals surface area contributed by atoms with Crippen molar-refractivity contribution in [3.8, 4) is 6.07 Å². The summed E-state index contributed by atoms with van der Waals surface area (Å²) in [5.41, 5.74) is 2.08. The summed E-state index contributed by atoms with van der Waals surface area (Å²) >= 11 is 0. The minimum atomic E-state index is 0.859. The highest BCUT2D eigenvalue weighted by atomic mass is 15.0. The van der Waals surface area contributed by atoms with Gasteiger partial charge in [0.05, 0.1) is 5.56 Å². The first-order valence-corrected chi connectivity index (χ1v) is 3.50. The van der Waals surface area contributed by atoms with Gasteiger partial charge >= 0.3 is 0 Å². The Bertz CT molecular complexity index is 291. The average Bonchev–Trinajstić information content (AvgIpc) is 2.44. The Morgan fingerprint density at radius 1 is 1.60 bits per heavy atom. The SMILES string of the molecule is N#Cc1ccn2c1CCC2. The molecule has 0 saturated heterocycles. The van der Waals surface area contributed by atoms with E-state index in [1.54, 1.807) is 0 Å². The lowest BCUT2D eigenvalue weighted by Crippen LogP contribution is -1.88. The molecule has 2 nitrogen and oxygen atoms in total. The molecule has 0 unspecified atom stereocenters. The van der Waals surface area contributed by atoms with Crippen molar-refractivity contribution in [3.63, 3.8) is 0 Å². The summed E-state index contributed by atoms with van der Waals surface area (Å²) in [5.74, 6) is 0. The summed E-state index contributed by atoms with van der Waals surface area (Å²) in [6.07, 6.45) is 4.28. The molecule has 0 radical (unpaired) electrons. The number of nitriles is 1. The summed E-state index contributed by atoms with van der Waals surface area (Å²) in [6, 6.07) is 4.08. The molecule has 1 aliphatic rings. The van der Waals surface area contributed by atoms with Crippen molar-refractivity contribution in [2.24, 2.45) is 0 Å². The van der Waals surface area contributed by atoms with E-state index >= 15 is 0 Å². The van der Waals surface area contributed by atoms with Crippen LogP contribution in [0.4, 0.5) is 0 Å². The van der Waals surface area contributed by atoms with Crippen LogP contribution in [-0.2, 0) is 13.0 Å². The predicted molar refractivity (Wildman–Crippen MR) is 37.5 cm³/mol. The van der Waals surface area contributed by atoms with Crippen molar-refractivity contribution in [1.82, 2.24) is 4.57 Å². The zero-order valence-corrected chi connectivity index (χ0v) is 5.67. The van der Waals surface area contributed by atoms with Gasteiger partial charge < -0.3 is 4.57 Å². The molecule has 0 spiro atoms. The van der Waals surface area contributed by atoms with Gasteiger partial charge in [-0.3, -0.25) is 0 Å². The first kappa shape index (κ1) is 5.55. The molecule has 2 heteroatoms. The molecule has 1 aliphatic heterocycles. The van der Waals surface area contributed by atoms with E-state index in [2.05, 4.69) is 10.6 Å². The second-order valence-corrected chi connectivity index (χ2v) is 2.58. The fourth-order valence-corrected chi connectivity index (χ4v) is 1.51. The molecular weight excluding hydrogens is 124 g/mol. The van der Waals surface area contributed by atoms with Crippen LogP contribution in [0.2, 0.25) is 0 Å². The largest absolute Gasteiger partial charge is 0.350 e. The Labute approximate surface area is 59.7 Å². The monoisotopic (exact) mass is 132 g/mol. The molecule has 0 bridgehead atoms. The van der Waals surface area contributed by atoms with E-state index in [9.17, 15) is 0 Å². The lowest BCUT2D eigenvalue weighted by molar-refractivity contribution is 0.750. The number of nitrogens with zero attached hydrogens (tertiary/aromatic N) is 2. The van der Waals surface area contributed by atoms with Crippen molar-refractivity contribution < 1.29 is 0 Å². The number of rotatable bonds is 0. The highest BCUT2D eigenvalue weighted by molar-refractivity contribution is 5.35. The number of hydrogen-bond donors (Lipinski definition) is 0. The van der Waals surface area contributed by atoms with Crippen molar-refractivity contribution in [3.05, 3.63) is 23.5 Å². The van der Waals surface area contributed by atoms with Crippen molar-refractivity contribution in [1.29, 1.82) is 5.26 Å². The van der Waals surface area contributed by atoms with Crippen LogP contribution in [0.1, 0.15) is 17.7 Å². The molecule has 0 fully saturated rings. The molecule has 0 aliphatic carbocycles. The van der Waals surface area contributed by atoms with Crippen LogP contribution in [-0.4, -0.2) is 4.57 Å². The van der Waals surface area contributed by atoms with Gasteiger partial charge in [0, 0.05) is 18.4 Å². The molecule has 0 aromatic carbocycles. The predicted octanol–water partition coefficient (Wildman–Crippen LogP) is 1.31. The maximum Gasteiger partial charge on any atom is 0.101 e. The third-order valence-electron chi connectivity index (χ3n) is 2.01.